The Bertz CT molecular complexity index is 501. The van der Waals surface area contributed by atoms with Crippen LogP contribution in [0.4, 0.5) is 5.69 Å². The normalized spacial score (nSPS) is 11.3. The molecule has 0 aliphatic heterocycles. The highest BCUT2D eigenvalue weighted by molar-refractivity contribution is 7.00. The average Bonchev–Trinajstić information content (AvgIpc) is 2.81. The lowest BCUT2D eigenvalue weighted by atomic mass is 10.2. The maximum absolute atomic E-state index is 6.12. The van der Waals surface area contributed by atoms with Crippen molar-refractivity contribution >= 4 is 40.0 Å². The van der Waals surface area contributed by atoms with Gasteiger partial charge in [-0.25, -0.2) is 0 Å². The van der Waals surface area contributed by atoms with Crippen LogP contribution < -0.4 is 5.32 Å². The summed E-state index contributed by atoms with van der Waals surface area (Å²) in [5.41, 5.74) is 2.36. The summed E-state index contributed by atoms with van der Waals surface area (Å²) in [5, 5.41) is 3.77. The van der Waals surface area contributed by atoms with Crippen LogP contribution >= 0.6 is 23.3 Å². The molecule has 0 unspecified atom stereocenters. The molecule has 2 aromatic rings. The zero-order valence-electron chi connectivity index (χ0n) is 9.44. The highest BCUT2D eigenvalue weighted by Crippen LogP contribution is 2.29. The number of nitrogens with one attached hydrogen (secondary N) is 1. The summed E-state index contributed by atoms with van der Waals surface area (Å²) in [4.78, 5) is 0. The molecule has 0 amide bonds. The highest BCUT2D eigenvalue weighted by atomic mass is 35.5. The zero-order chi connectivity index (χ0) is 12.3. The van der Waals surface area contributed by atoms with Crippen molar-refractivity contribution in [2.45, 2.75) is 6.29 Å². The van der Waals surface area contributed by atoms with Crippen molar-refractivity contribution in [2.75, 3.05) is 26.1 Å². The molecule has 5 nitrogen and oxygen atoms in total. The second-order valence-electron chi connectivity index (χ2n) is 3.34. The summed E-state index contributed by atoms with van der Waals surface area (Å²) < 4.78 is 18.6. The Morgan fingerprint density at radius 1 is 1.35 bits per heavy atom. The maximum Gasteiger partial charge on any atom is 0.173 e. The van der Waals surface area contributed by atoms with E-state index in [0.717, 1.165) is 28.4 Å². The molecule has 0 aliphatic carbocycles. The van der Waals surface area contributed by atoms with E-state index in [1.807, 2.05) is 6.07 Å². The number of hydrogen-bond donors (Lipinski definition) is 1. The van der Waals surface area contributed by atoms with Crippen LogP contribution in [0.2, 0.25) is 5.02 Å². The standard InChI is InChI=1S/C10H12ClN3O2S/c1-15-8(16-2)5-12-9-6(11)3-4-7-10(9)14-17-13-7/h3-4,8,12H,5H2,1-2H3. The van der Waals surface area contributed by atoms with Gasteiger partial charge >= 0.3 is 0 Å². The van der Waals surface area contributed by atoms with E-state index in [2.05, 4.69) is 14.1 Å². The molecule has 0 fully saturated rings. The molecule has 1 aromatic heterocycles. The van der Waals surface area contributed by atoms with Gasteiger partial charge < -0.3 is 14.8 Å². The van der Waals surface area contributed by atoms with E-state index in [9.17, 15) is 0 Å². The van der Waals surface area contributed by atoms with Gasteiger partial charge in [0.2, 0.25) is 0 Å². The maximum atomic E-state index is 6.12. The van der Waals surface area contributed by atoms with Gasteiger partial charge in [-0.1, -0.05) is 11.6 Å². The first kappa shape index (κ1) is 12.5. The van der Waals surface area contributed by atoms with Crippen molar-refractivity contribution in [3.05, 3.63) is 17.2 Å². The SMILES string of the molecule is COC(CNc1c(Cl)ccc2nsnc12)OC. The molecule has 0 atom stereocenters. The largest absolute Gasteiger partial charge is 0.377 e. The van der Waals surface area contributed by atoms with Crippen LogP contribution in [0.1, 0.15) is 0 Å². The first-order valence-corrected chi connectivity index (χ1v) is 6.07. The number of fused-ring (bicyclic) bond motifs is 1. The van der Waals surface area contributed by atoms with Crippen molar-refractivity contribution in [1.82, 2.24) is 8.75 Å². The third-order valence-electron chi connectivity index (χ3n) is 2.35. The fraction of sp³-hybridized carbons (Fsp3) is 0.400. The van der Waals surface area contributed by atoms with Crippen LogP contribution in [0.25, 0.3) is 11.0 Å². The summed E-state index contributed by atoms with van der Waals surface area (Å²) in [7, 11) is 3.17. The molecular weight excluding hydrogens is 262 g/mol. The first-order valence-electron chi connectivity index (χ1n) is 4.96. The predicted octanol–water partition coefficient (Wildman–Crippen LogP) is 2.38. The topological polar surface area (TPSA) is 56.3 Å². The molecule has 0 bridgehead atoms. The molecule has 0 saturated carbocycles. The lowest BCUT2D eigenvalue weighted by molar-refractivity contribution is -0.0913. The Morgan fingerprint density at radius 2 is 2.12 bits per heavy atom. The molecule has 1 aromatic carbocycles. The Morgan fingerprint density at radius 3 is 2.82 bits per heavy atom. The van der Waals surface area contributed by atoms with Crippen molar-refractivity contribution in [1.29, 1.82) is 0 Å². The number of nitrogens with zero attached hydrogens (tertiary/aromatic N) is 2. The van der Waals surface area contributed by atoms with Gasteiger partial charge in [-0.05, 0) is 12.1 Å². The molecular formula is C10H12ClN3O2S. The van der Waals surface area contributed by atoms with Crippen LogP contribution in [0.5, 0.6) is 0 Å². The van der Waals surface area contributed by atoms with Crippen molar-refractivity contribution < 1.29 is 9.47 Å². The molecule has 0 saturated heterocycles. The van der Waals surface area contributed by atoms with E-state index in [1.165, 1.54) is 0 Å². The molecule has 1 N–H and O–H groups in total. The van der Waals surface area contributed by atoms with E-state index < -0.39 is 0 Å². The van der Waals surface area contributed by atoms with Crippen LogP contribution in [-0.2, 0) is 9.47 Å². The van der Waals surface area contributed by atoms with E-state index in [1.54, 1.807) is 20.3 Å². The number of hydrogen-bond acceptors (Lipinski definition) is 6. The molecule has 0 radical (unpaired) electrons. The lowest BCUT2D eigenvalue weighted by Crippen LogP contribution is -2.23. The summed E-state index contributed by atoms with van der Waals surface area (Å²) in [6.45, 7) is 0.489. The van der Waals surface area contributed by atoms with Gasteiger partial charge in [0.05, 0.1) is 29.0 Å². The Hall–Kier alpha value is -0.950. The first-order chi connectivity index (χ1) is 8.26. The van der Waals surface area contributed by atoms with Crippen molar-refractivity contribution in [3.8, 4) is 0 Å². The van der Waals surface area contributed by atoms with E-state index in [-0.39, 0.29) is 6.29 Å². The lowest BCUT2D eigenvalue weighted by Gasteiger charge is -2.15. The third-order valence-corrected chi connectivity index (χ3v) is 3.21. The van der Waals surface area contributed by atoms with Gasteiger partial charge in [-0.3, -0.25) is 0 Å². The number of anilines is 1. The minimum absolute atomic E-state index is 0.326. The number of aromatic nitrogens is 2. The summed E-state index contributed by atoms with van der Waals surface area (Å²) in [5.74, 6) is 0. The number of rotatable bonds is 5. The number of benzene rings is 1. The summed E-state index contributed by atoms with van der Waals surface area (Å²) >= 11 is 7.28. The Labute approximate surface area is 108 Å². The van der Waals surface area contributed by atoms with E-state index >= 15 is 0 Å². The number of ether oxygens (including phenoxy) is 2. The van der Waals surface area contributed by atoms with Crippen LogP contribution in [0.15, 0.2) is 12.1 Å². The van der Waals surface area contributed by atoms with Gasteiger partial charge in [0.15, 0.2) is 6.29 Å². The van der Waals surface area contributed by atoms with Crippen LogP contribution in [0, 0.1) is 0 Å². The van der Waals surface area contributed by atoms with Gasteiger partial charge in [0.1, 0.15) is 11.0 Å². The second-order valence-corrected chi connectivity index (χ2v) is 4.27. The quantitative estimate of drug-likeness (QED) is 0.848. The van der Waals surface area contributed by atoms with Gasteiger partial charge in [0.25, 0.3) is 0 Å². The second kappa shape index (κ2) is 5.59. The van der Waals surface area contributed by atoms with Gasteiger partial charge in [0, 0.05) is 14.2 Å². The van der Waals surface area contributed by atoms with Crippen molar-refractivity contribution in [2.24, 2.45) is 0 Å². The average molecular weight is 274 g/mol. The summed E-state index contributed by atoms with van der Waals surface area (Å²) in [6.07, 6.45) is -0.326. The number of methoxy groups -OCH3 is 2. The Balaban J connectivity index is 2.22. The molecule has 1 heterocycles. The molecule has 2 rings (SSSR count). The van der Waals surface area contributed by atoms with Crippen LogP contribution in [-0.4, -0.2) is 35.8 Å². The van der Waals surface area contributed by atoms with E-state index in [4.69, 9.17) is 21.1 Å². The fourth-order valence-electron chi connectivity index (χ4n) is 1.44. The molecule has 7 heteroatoms. The summed E-state index contributed by atoms with van der Waals surface area (Å²) in [6, 6.07) is 3.64. The molecule has 0 spiro atoms. The monoisotopic (exact) mass is 273 g/mol. The molecule has 17 heavy (non-hydrogen) atoms. The fourth-order valence-corrected chi connectivity index (χ4v) is 2.21. The van der Waals surface area contributed by atoms with Crippen LogP contribution in [0.3, 0.4) is 0 Å². The van der Waals surface area contributed by atoms with E-state index in [0.29, 0.717) is 11.6 Å². The Kier molecular flexibility index (Phi) is 4.11. The third kappa shape index (κ3) is 2.66. The minimum Gasteiger partial charge on any atom is -0.377 e. The highest BCUT2D eigenvalue weighted by Gasteiger charge is 2.11. The smallest absolute Gasteiger partial charge is 0.173 e. The van der Waals surface area contributed by atoms with Gasteiger partial charge in [-0.15, -0.1) is 0 Å². The number of halogens is 1. The predicted molar refractivity (Wildman–Crippen MR) is 68.7 cm³/mol. The van der Waals surface area contributed by atoms with Crippen molar-refractivity contribution in [3.63, 3.8) is 0 Å². The zero-order valence-corrected chi connectivity index (χ0v) is 11.0. The van der Waals surface area contributed by atoms with Gasteiger partial charge in [-0.2, -0.15) is 8.75 Å². The minimum atomic E-state index is -0.326. The molecule has 0 aliphatic rings. The molecule has 92 valence electrons.